The van der Waals surface area contributed by atoms with Crippen LogP contribution in [0.1, 0.15) is 29.8 Å². The maximum atomic E-state index is 14.0. The maximum absolute atomic E-state index is 14.0. The van der Waals surface area contributed by atoms with E-state index >= 15 is 0 Å². The molecular weight excluding hydrogens is 310 g/mol. The fourth-order valence-electron chi connectivity index (χ4n) is 2.63. The van der Waals surface area contributed by atoms with Crippen molar-refractivity contribution in [2.45, 2.75) is 26.4 Å². The highest BCUT2D eigenvalue weighted by Gasteiger charge is 2.16. The molecule has 1 atom stereocenters. The summed E-state index contributed by atoms with van der Waals surface area (Å²) in [5, 5.41) is 7.65. The third-order valence-electron chi connectivity index (χ3n) is 3.99. The van der Waals surface area contributed by atoms with Crippen LogP contribution in [-0.2, 0) is 6.54 Å². The van der Waals surface area contributed by atoms with E-state index in [0.29, 0.717) is 6.54 Å². The Morgan fingerprint density at radius 1 is 1.21 bits per heavy atom. The second-order valence-electron chi connectivity index (χ2n) is 5.66. The average Bonchev–Trinajstić information content (AvgIpc) is 2.95. The molecule has 0 amide bonds. The van der Waals surface area contributed by atoms with Gasteiger partial charge in [-0.2, -0.15) is 5.10 Å². The lowest BCUT2D eigenvalue weighted by Gasteiger charge is -2.14. The first-order valence-electron chi connectivity index (χ1n) is 7.68. The molecule has 0 saturated heterocycles. The molecular formula is C18H18F2N4. The van der Waals surface area contributed by atoms with Gasteiger partial charge < -0.3 is 5.32 Å². The van der Waals surface area contributed by atoms with Gasteiger partial charge >= 0.3 is 0 Å². The molecule has 24 heavy (non-hydrogen) atoms. The number of halogens is 2. The molecule has 0 aliphatic heterocycles. The predicted octanol–water partition coefficient (Wildman–Crippen LogP) is 3.70. The summed E-state index contributed by atoms with van der Waals surface area (Å²) in [5.41, 5.74) is 3.09. The zero-order chi connectivity index (χ0) is 17.1. The van der Waals surface area contributed by atoms with Crippen molar-refractivity contribution in [3.8, 4) is 5.69 Å². The van der Waals surface area contributed by atoms with E-state index in [1.165, 1.54) is 16.8 Å². The molecule has 0 aliphatic carbocycles. The lowest BCUT2D eigenvalue weighted by Crippen LogP contribution is -2.18. The lowest BCUT2D eigenvalue weighted by molar-refractivity contribution is 0.566. The summed E-state index contributed by atoms with van der Waals surface area (Å²) in [6.45, 7) is 4.56. The van der Waals surface area contributed by atoms with E-state index in [1.807, 2.05) is 32.2 Å². The topological polar surface area (TPSA) is 42.7 Å². The van der Waals surface area contributed by atoms with Gasteiger partial charge in [0.15, 0.2) is 5.82 Å². The van der Waals surface area contributed by atoms with Crippen LogP contribution >= 0.6 is 0 Å². The SMILES string of the molecule is Cc1c([C@H](C)NCc2cccnc2)cnn1-c1ccc(F)cc1F. The van der Waals surface area contributed by atoms with Crippen molar-refractivity contribution >= 4 is 0 Å². The van der Waals surface area contributed by atoms with Crippen molar-refractivity contribution in [2.24, 2.45) is 0 Å². The van der Waals surface area contributed by atoms with Crippen LogP contribution in [0, 0.1) is 18.6 Å². The second-order valence-corrected chi connectivity index (χ2v) is 5.66. The van der Waals surface area contributed by atoms with Gasteiger partial charge in [0.05, 0.1) is 6.20 Å². The van der Waals surface area contributed by atoms with Gasteiger partial charge in [-0.3, -0.25) is 4.98 Å². The number of rotatable bonds is 5. The molecule has 4 nitrogen and oxygen atoms in total. The molecule has 2 heterocycles. The van der Waals surface area contributed by atoms with Crippen molar-refractivity contribution in [2.75, 3.05) is 0 Å². The van der Waals surface area contributed by atoms with Gasteiger partial charge in [0, 0.05) is 42.3 Å². The molecule has 0 bridgehead atoms. The number of benzene rings is 1. The molecule has 0 spiro atoms. The van der Waals surface area contributed by atoms with E-state index in [1.54, 1.807) is 12.4 Å². The number of nitrogens with zero attached hydrogens (tertiary/aromatic N) is 3. The van der Waals surface area contributed by atoms with Crippen LogP contribution in [0.2, 0.25) is 0 Å². The van der Waals surface area contributed by atoms with Crippen molar-refractivity contribution < 1.29 is 8.78 Å². The Balaban J connectivity index is 1.79. The Bertz CT molecular complexity index is 830. The Morgan fingerprint density at radius 3 is 2.75 bits per heavy atom. The quantitative estimate of drug-likeness (QED) is 0.776. The third-order valence-corrected chi connectivity index (χ3v) is 3.99. The summed E-state index contributed by atoms with van der Waals surface area (Å²) in [6.07, 6.45) is 5.25. The first kappa shape index (κ1) is 16.3. The van der Waals surface area contributed by atoms with E-state index in [9.17, 15) is 8.78 Å². The molecule has 0 aliphatic rings. The Hall–Kier alpha value is -2.60. The van der Waals surface area contributed by atoms with Gasteiger partial charge in [-0.15, -0.1) is 0 Å². The molecule has 0 fully saturated rings. The van der Waals surface area contributed by atoms with Crippen molar-refractivity contribution in [1.82, 2.24) is 20.1 Å². The predicted molar refractivity (Wildman–Crippen MR) is 87.7 cm³/mol. The molecule has 2 aromatic heterocycles. The highest BCUT2D eigenvalue weighted by Crippen LogP contribution is 2.22. The van der Waals surface area contributed by atoms with Crippen LogP contribution in [-0.4, -0.2) is 14.8 Å². The minimum Gasteiger partial charge on any atom is -0.306 e. The standard InChI is InChI=1S/C18H18F2N4/c1-12(22-10-14-4-3-7-21-9-14)16-11-23-24(13(16)2)18-6-5-15(19)8-17(18)20/h3-9,11-12,22H,10H2,1-2H3/t12-/m0/s1. The monoisotopic (exact) mass is 328 g/mol. The zero-order valence-electron chi connectivity index (χ0n) is 13.5. The van der Waals surface area contributed by atoms with E-state index in [2.05, 4.69) is 15.4 Å². The van der Waals surface area contributed by atoms with Crippen molar-refractivity contribution in [3.05, 3.63) is 77.4 Å². The molecule has 6 heteroatoms. The zero-order valence-corrected chi connectivity index (χ0v) is 13.5. The molecule has 1 aromatic carbocycles. The third kappa shape index (κ3) is 3.33. The number of hydrogen-bond acceptors (Lipinski definition) is 3. The summed E-state index contributed by atoms with van der Waals surface area (Å²) >= 11 is 0. The molecule has 3 rings (SSSR count). The minimum absolute atomic E-state index is 0.0301. The molecule has 3 aromatic rings. The van der Waals surface area contributed by atoms with E-state index in [0.717, 1.165) is 22.9 Å². The molecule has 0 saturated carbocycles. The van der Waals surface area contributed by atoms with Crippen LogP contribution < -0.4 is 5.32 Å². The molecule has 0 unspecified atom stereocenters. The summed E-state index contributed by atoms with van der Waals surface area (Å²) in [4.78, 5) is 4.08. The normalized spacial score (nSPS) is 12.3. The van der Waals surface area contributed by atoms with Crippen LogP contribution in [0.5, 0.6) is 0 Å². The van der Waals surface area contributed by atoms with Gasteiger partial charge in [0.2, 0.25) is 0 Å². The van der Waals surface area contributed by atoms with Crippen LogP contribution in [0.4, 0.5) is 8.78 Å². The van der Waals surface area contributed by atoms with Crippen molar-refractivity contribution in [1.29, 1.82) is 0 Å². The van der Waals surface area contributed by atoms with E-state index < -0.39 is 11.6 Å². The first-order valence-corrected chi connectivity index (χ1v) is 7.68. The van der Waals surface area contributed by atoms with Crippen molar-refractivity contribution in [3.63, 3.8) is 0 Å². The first-order chi connectivity index (χ1) is 11.6. The minimum atomic E-state index is -0.635. The van der Waals surface area contributed by atoms with Gasteiger partial charge in [-0.25, -0.2) is 13.5 Å². The van der Waals surface area contributed by atoms with Gasteiger partial charge in [-0.1, -0.05) is 6.07 Å². The van der Waals surface area contributed by atoms with Gasteiger partial charge in [0.25, 0.3) is 0 Å². The molecule has 1 N–H and O–H groups in total. The Labute approximate surface area is 139 Å². The summed E-state index contributed by atoms with van der Waals surface area (Å²) < 4.78 is 28.5. The number of pyridine rings is 1. The average molecular weight is 328 g/mol. The van der Waals surface area contributed by atoms with Crippen LogP contribution in [0.3, 0.4) is 0 Å². The van der Waals surface area contributed by atoms with Crippen LogP contribution in [0.15, 0.2) is 48.9 Å². The fraction of sp³-hybridized carbons (Fsp3) is 0.222. The molecule has 124 valence electrons. The largest absolute Gasteiger partial charge is 0.306 e. The second kappa shape index (κ2) is 6.88. The van der Waals surface area contributed by atoms with Gasteiger partial charge in [-0.05, 0) is 37.6 Å². The van der Waals surface area contributed by atoms with E-state index in [-0.39, 0.29) is 11.7 Å². The maximum Gasteiger partial charge on any atom is 0.151 e. The summed E-state index contributed by atoms with van der Waals surface area (Å²) in [7, 11) is 0. The summed E-state index contributed by atoms with van der Waals surface area (Å²) in [5.74, 6) is -1.24. The molecule has 0 radical (unpaired) electrons. The number of hydrogen-bond donors (Lipinski definition) is 1. The van der Waals surface area contributed by atoms with Crippen LogP contribution in [0.25, 0.3) is 5.69 Å². The van der Waals surface area contributed by atoms with E-state index in [4.69, 9.17) is 0 Å². The fourth-order valence-corrected chi connectivity index (χ4v) is 2.63. The Kier molecular flexibility index (Phi) is 4.66. The number of nitrogens with one attached hydrogen (secondary N) is 1. The smallest absolute Gasteiger partial charge is 0.151 e. The summed E-state index contributed by atoms with van der Waals surface area (Å²) in [6, 6.07) is 7.40. The number of aromatic nitrogens is 3. The highest BCUT2D eigenvalue weighted by molar-refractivity contribution is 5.37. The lowest BCUT2D eigenvalue weighted by atomic mass is 10.1. The van der Waals surface area contributed by atoms with Gasteiger partial charge in [0.1, 0.15) is 11.5 Å². The highest BCUT2D eigenvalue weighted by atomic mass is 19.1. The Morgan fingerprint density at radius 2 is 2.04 bits per heavy atom.